The maximum atomic E-state index is 12.8. The minimum atomic E-state index is -0.0519. The number of carbonyl (C=O) groups excluding carboxylic acids is 1. The van der Waals surface area contributed by atoms with Gasteiger partial charge in [0.1, 0.15) is 0 Å². The highest BCUT2D eigenvalue weighted by atomic mass is 16.5. The van der Waals surface area contributed by atoms with E-state index in [-0.39, 0.29) is 5.91 Å². The molecule has 1 N–H and O–H groups in total. The molecule has 4 rings (SSSR count). The van der Waals surface area contributed by atoms with Crippen LogP contribution in [0.15, 0.2) is 48.5 Å². The van der Waals surface area contributed by atoms with Gasteiger partial charge in [-0.3, -0.25) is 14.6 Å². The number of hydrogen-bond donors (Lipinski definition) is 1. The highest BCUT2D eigenvalue weighted by Gasteiger charge is 2.15. The Labute approximate surface area is 173 Å². The third-order valence-corrected chi connectivity index (χ3v) is 5.83. The first kappa shape index (κ1) is 20.1. The summed E-state index contributed by atoms with van der Waals surface area (Å²) in [5.41, 5.74) is 4.01. The molecule has 154 valence electrons. The van der Waals surface area contributed by atoms with Crippen LogP contribution in [0, 0.1) is 0 Å². The second-order valence-electron chi connectivity index (χ2n) is 8.03. The molecule has 0 spiro atoms. The molecule has 2 aliphatic rings. The summed E-state index contributed by atoms with van der Waals surface area (Å²) >= 11 is 0. The van der Waals surface area contributed by atoms with Crippen LogP contribution in [0.3, 0.4) is 0 Å². The molecule has 2 aromatic carbocycles. The van der Waals surface area contributed by atoms with Gasteiger partial charge in [0, 0.05) is 37.4 Å². The van der Waals surface area contributed by atoms with Gasteiger partial charge in [-0.1, -0.05) is 36.8 Å². The Hall–Kier alpha value is -2.21. The molecule has 0 aliphatic carbocycles. The summed E-state index contributed by atoms with van der Waals surface area (Å²) in [4.78, 5) is 17.7. The first-order valence-electron chi connectivity index (χ1n) is 10.8. The summed E-state index contributed by atoms with van der Waals surface area (Å²) in [5, 5.41) is 3.11. The van der Waals surface area contributed by atoms with Crippen molar-refractivity contribution < 1.29 is 9.53 Å². The van der Waals surface area contributed by atoms with Gasteiger partial charge in [0.15, 0.2) is 0 Å². The monoisotopic (exact) mass is 393 g/mol. The molecule has 0 bridgehead atoms. The molecule has 0 unspecified atom stereocenters. The number of hydrogen-bond acceptors (Lipinski definition) is 4. The molecular formula is C24H31N3O2. The third-order valence-electron chi connectivity index (χ3n) is 5.83. The van der Waals surface area contributed by atoms with E-state index in [1.165, 1.54) is 37.9 Å². The predicted molar refractivity (Wildman–Crippen MR) is 116 cm³/mol. The summed E-state index contributed by atoms with van der Waals surface area (Å²) in [6.45, 7) is 7.58. The smallest absolute Gasteiger partial charge is 0.255 e. The van der Waals surface area contributed by atoms with Crippen LogP contribution in [0.4, 0.5) is 5.69 Å². The SMILES string of the molecule is O=C(Nc1ccccc1CN1CCOCC1)c1ccc(CN2CCCCC2)cc1. The first-order chi connectivity index (χ1) is 14.3. The number of para-hydroxylation sites is 1. The maximum absolute atomic E-state index is 12.8. The van der Waals surface area contributed by atoms with Crippen molar-refractivity contribution in [1.82, 2.24) is 9.80 Å². The van der Waals surface area contributed by atoms with Gasteiger partial charge < -0.3 is 10.1 Å². The number of benzene rings is 2. The Morgan fingerprint density at radius 3 is 2.28 bits per heavy atom. The summed E-state index contributed by atoms with van der Waals surface area (Å²) in [7, 11) is 0. The summed E-state index contributed by atoms with van der Waals surface area (Å²) in [6.07, 6.45) is 3.94. The minimum absolute atomic E-state index is 0.0519. The summed E-state index contributed by atoms with van der Waals surface area (Å²) < 4.78 is 5.43. The Balaban J connectivity index is 1.37. The zero-order valence-corrected chi connectivity index (χ0v) is 17.1. The van der Waals surface area contributed by atoms with Crippen LogP contribution in [0.1, 0.15) is 40.7 Å². The first-order valence-corrected chi connectivity index (χ1v) is 10.8. The molecule has 2 aromatic rings. The number of rotatable bonds is 6. The fourth-order valence-electron chi connectivity index (χ4n) is 4.11. The lowest BCUT2D eigenvalue weighted by Gasteiger charge is -2.27. The molecule has 2 fully saturated rings. The van der Waals surface area contributed by atoms with E-state index in [2.05, 4.69) is 33.3 Å². The summed E-state index contributed by atoms with van der Waals surface area (Å²) in [6, 6.07) is 16.1. The van der Waals surface area contributed by atoms with Crippen LogP contribution in [0.25, 0.3) is 0 Å². The number of morpholine rings is 1. The molecule has 5 nitrogen and oxygen atoms in total. The van der Waals surface area contributed by atoms with E-state index in [0.29, 0.717) is 5.56 Å². The Morgan fingerprint density at radius 2 is 1.52 bits per heavy atom. The predicted octanol–water partition coefficient (Wildman–Crippen LogP) is 3.76. The van der Waals surface area contributed by atoms with E-state index in [0.717, 1.165) is 50.6 Å². The average Bonchev–Trinajstić information content (AvgIpc) is 2.77. The molecule has 2 aliphatic heterocycles. The quantitative estimate of drug-likeness (QED) is 0.812. The number of ether oxygens (including phenoxy) is 1. The van der Waals surface area contributed by atoms with Crippen LogP contribution in [0.2, 0.25) is 0 Å². The van der Waals surface area contributed by atoms with E-state index < -0.39 is 0 Å². The number of likely N-dealkylation sites (tertiary alicyclic amines) is 1. The molecule has 0 aromatic heterocycles. The Kier molecular flexibility index (Phi) is 6.93. The van der Waals surface area contributed by atoms with Crippen molar-refractivity contribution in [2.75, 3.05) is 44.7 Å². The average molecular weight is 394 g/mol. The van der Waals surface area contributed by atoms with Crippen molar-refractivity contribution in [3.05, 3.63) is 65.2 Å². The lowest BCUT2D eigenvalue weighted by Crippen LogP contribution is -2.35. The van der Waals surface area contributed by atoms with Gasteiger partial charge >= 0.3 is 0 Å². The molecule has 29 heavy (non-hydrogen) atoms. The molecule has 0 saturated carbocycles. The van der Waals surface area contributed by atoms with E-state index in [4.69, 9.17) is 4.74 Å². The molecular weight excluding hydrogens is 362 g/mol. The third kappa shape index (κ3) is 5.66. The highest BCUT2D eigenvalue weighted by Crippen LogP contribution is 2.20. The normalized spacial score (nSPS) is 18.5. The second kappa shape index (κ2) is 10.0. The van der Waals surface area contributed by atoms with E-state index >= 15 is 0 Å². The van der Waals surface area contributed by atoms with Gasteiger partial charge in [-0.05, 0) is 55.3 Å². The fourth-order valence-corrected chi connectivity index (χ4v) is 4.11. The largest absolute Gasteiger partial charge is 0.379 e. The fraction of sp³-hybridized carbons (Fsp3) is 0.458. The highest BCUT2D eigenvalue weighted by molar-refractivity contribution is 6.04. The molecule has 1 amide bonds. The van der Waals surface area contributed by atoms with Crippen molar-refractivity contribution >= 4 is 11.6 Å². The minimum Gasteiger partial charge on any atom is -0.379 e. The standard InChI is InChI=1S/C24H31N3O2/c28-24(21-10-8-20(9-11-21)18-26-12-4-1-5-13-26)25-23-7-3-2-6-22(23)19-27-14-16-29-17-15-27/h2-3,6-11H,1,4-5,12-19H2,(H,25,28). The zero-order chi connectivity index (χ0) is 19.9. The molecule has 5 heteroatoms. The van der Waals surface area contributed by atoms with E-state index in [9.17, 15) is 4.79 Å². The lowest BCUT2D eigenvalue weighted by molar-refractivity contribution is 0.0342. The van der Waals surface area contributed by atoms with Gasteiger partial charge in [0.2, 0.25) is 0 Å². The van der Waals surface area contributed by atoms with Gasteiger partial charge in [-0.25, -0.2) is 0 Å². The van der Waals surface area contributed by atoms with Crippen LogP contribution in [-0.2, 0) is 17.8 Å². The molecule has 2 heterocycles. The van der Waals surface area contributed by atoms with Crippen molar-refractivity contribution in [2.24, 2.45) is 0 Å². The molecule has 2 saturated heterocycles. The number of piperidine rings is 1. The van der Waals surface area contributed by atoms with Gasteiger partial charge in [-0.15, -0.1) is 0 Å². The van der Waals surface area contributed by atoms with Gasteiger partial charge in [-0.2, -0.15) is 0 Å². The lowest BCUT2D eigenvalue weighted by atomic mass is 10.1. The Morgan fingerprint density at radius 1 is 0.828 bits per heavy atom. The van der Waals surface area contributed by atoms with Crippen molar-refractivity contribution in [3.63, 3.8) is 0 Å². The van der Waals surface area contributed by atoms with E-state index in [1.54, 1.807) is 0 Å². The number of amides is 1. The van der Waals surface area contributed by atoms with Crippen molar-refractivity contribution in [3.8, 4) is 0 Å². The summed E-state index contributed by atoms with van der Waals surface area (Å²) in [5.74, 6) is -0.0519. The number of anilines is 1. The van der Waals surface area contributed by atoms with Crippen molar-refractivity contribution in [1.29, 1.82) is 0 Å². The van der Waals surface area contributed by atoms with E-state index in [1.807, 2.05) is 30.3 Å². The molecule has 0 radical (unpaired) electrons. The zero-order valence-electron chi connectivity index (χ0n) is 17.1. The van der Waals surface area contributed by atoms with Crippen LogP contribution >= 0.6 is 0 Å². The van der Waals surface area contributed by atoms with Crippen LogP contribution in [0.5, 0.6) is 0 Å². The number of carbonyl (C=O) groups is 1. The maximum Gasteiger partial charge on any atom is 0.255 e. The van der Waals surface area contributed by atoms with Crippen molar-refractivity contribution in [2.45, 2.75) is 32.4 Å². The van der Waals surface area contributed by atoms with Crippen LogP contribution < -0.4 is 5.32 Å². The second-order valence-corrected chi connectivity index (χ2v) is 8.03. The number of nitrogens with one attached hydrogen (secondary N) is 1. The number of nitrogens with zero attached hydrogens (tertiary/aromatic N) is 2. The van der Waals surface area contributed by atoms with Gasteiger partial charge in [0.25, 0.3) is 5.91 Å². The van der Waals surface area contributed by atoms with Crippen LogP contribution in [-0.4, -0.2) is 55.1 Å². The molecule has 0 atom stereocenters. The van der Waals surface area contributed by atoms with Gasteiger partial charge in [0.05, 0.1) is 13.2 Å². The topological polar surface area (TPSA) is 44.8 Å². The Bertz CT molecular complexity index is 794.